The number of carbonyl (C=O) groups is 1. The van der Waals surface area contributed by atoms with E-state index in [-0.39, 0.29) is 5.91 Å². The van der Waals surface area contributed by atoms with Crippen molar-refractivity contribution in [3.05, 3.63) is 29.8 Å². The molecule has 0 saturated heterocycles. The normalized spacial score (nSPS) is 10.3. The monoisotopic (exact) mass is 278 g/mol. The minimum Gasteiger partial charge on any atom is -0.494 e. The van der Waals surface area contributed by atoms with E-state index in [2.05, 4.69) is 17.6 Å². The largest absolute Gasteiger partial charge is 0.494 e. The molecule has 0 aliphatic carbocycles. The van der Waals surface area contributed by atoms with Crippen LogP contribution in [0.3, 0.4) is 0 Å². The molecule has 0 spiro atoms. The fourth-order valence-electron chi connectivity index (χ4n) is 1.79. The molecule has 0 bridgehead atoms. The quantitative estimate of drug-likeness (QED) is 0.646. The summed E-state index contributed by atoms with van der Waals surface area (Å²) in [6.45, 7) is 4.37. The average molecular weight is 278 g/mol. The summed E-state index contributed by atoms with van der Waals surface area (Å²) in [5, 5.41) is 5.95. The third-order valence-electron chi connectivity index (χ3n) is 3.01. The first-order valence-corrected chi connectivity index (χ1v) is 7.33. The predicted molar refractivity (Wildman–Crippen MR) is 82.1 cm³/mol. The van der Waals surface area contributed by atoms with Gasteiger partial charge in [-0.15, -0.1) is 0 Å². The van der Waals surface area contributed by atoms with Gasteiger partial charge in [0.2, 0.25) is 5.91 Å². The average Bonchev–Trinajstić information content (AvgIpc) is 2.45. The minimum atomic E-state index is 0.139. The molecule has 4 nitrogen and oxygen atoms in total. The van der Waals surface area contributed by atoms with Crippen LogP contribution in [0.15, 0.2) is 24.3 Å². The zero-order valence-electron chi connectivity index (χ0n) is 12.6. The molecule has 0 unspecified atom stereocenters. The van der Waals surface area contributed by atoms with Gasteiger partial charge in [-0.05, 0) is 51.9 Å². The molecular formula is C16H26N2O2. The van der Waals surface area contributed by atoms with Crippen molar-refractivity contribution < 1.29 is 9.53 Å². The fraction of sp³-hybridized carbons (Fsp3) is 0.562. The van der Waals surface area contributed by atoms with Gasteiger partial charge < -0.3 is 15.4 Å². The topological polar surface area (TPSA) is 50.4 Å². The van der Waals surface area contributed by atoms with Crippen LogP contribution in [0.25, 0.3) is 0 Å². The Labute approximate surface area is 121 Å². The molecule has 0 aliphatic rings. The maximum absolute atomic E-state index is 11.4. The van der Waals surface area contributed by atoms with Crippen LogP contribution in [0.1, 0.15) is 31.2 Å². The molecule has 1 aromatic rings. The summed E-state index contributed by atoms with van der Waals surface area (Å²) in [6, 6.07) is 8.05. The van der Waals surface area contributed by atoms with E-state index in [0.29, 0.717) is 13.0 Å². The standard InChI is InChI=1S/C16H26N2O2/c1-14-7-9-15(10-8-14)20-13-4-3-12-18-16(19)6-5-11-17-2/h7-10,17H,3-6,11-13H2,1-2H3,(H,18,19). The summed E-state index contributed by atoms with van der Waals surface area (Å²) in [5.41, 5.74) is 1.23. The second-order valence-electron chi connectivity index (χ2n) is 4.93. The van der Waals surface area contributed by atoms with Gasteiger partial charge in [0.15, 0.2) is 0 Å². The molecule has 4 heteroatoms. The molecule has 0 fully saturated rings. The number of benzene rings is 1. The predicted octanol–water partition coefficient (Wildman–Crippen LogP) is 2.27. The van der Waals surface area contributed by atoms with Gasteiger partial charge in [0.1, 0.15) is 5.75 Å². The Morgan fingerprint density at radius 3 is 2.55 bits per heavy atom. The summed E-state index contributed by atoms with van der Waals surface area (Å²) in [5.74, 6) is 1.05. The zero-order valence-corrected chi connectivity index (χ0v) is 12.6. The van der Waals surface area contributed by atoms with E-state index in [1.54, 1.807) is 0 Å². The summed E-state index contributed by atoms with van der Waals surface area (Å²) in [6.07, 6.45) is 3.38. The van der Waals surface area contributed by atoms with Gasteiger partial charge in [-0.3, -0.25) is 4.79 Å². The highest BCUT2D eigenvalue weighted by Gasteiger charge is 1.99. The summed E-state index contributed by atoms with van der Waals surface area (Å²) >= 11 is 0. The number of hydrogen-bond donors (Lipinski definition) is 2. The van der Waals surface area contributed by atoms with Gasteiger partial charge in [0, 0.05) is 13.0 Å². The van der Waals surface area contributed by atoms with E-state index in [0.717, 1.165) is 38.1 Å². The van der Waals surface area contributed by atoms with Crippen LogP contribution >= 0.6 is 0 Å². The number of hydrogen-bond acceptors (Lipinski definition) is 3. The van der Waals surface area contributed by atoms with E-state index in [4.69, 9.17) is 4.74 Å². The van der Waals surface area contributed by atoms with E-state index in [1.807, 2.05) is 31.3 Å². The Kier molecular flexibility index (Phi) is 8.47. The molecule has 0 atom stereocenters. The van der Waals surface area contributed by atoms with E-state index in [9.17, 15) is 4.79 Å². The van der Waals surface area contributed by atoms with Gasteiger partial charge in [0.05, 0.1) is 6.61 Å². The lowest BCUT2D eigenvalue weighted by molar-refractivity contribution is -0.121. The first kappa shape index (κ1) is 16.5. The summed E-state index contributed by atoms with van der Waals surface area (Å²) in [4.78, 5) is 11.4. The molecule has 20 heavy (non-hydrogen) atoms. The molecule has 112 valence electrons. The molecular weight excluding hydrogens is 252 g/mol. The van der Waals surface area contributed by atoms with Gasteiger partial charge >= 0.3 is 0 Å². The molecule has 1 aromatic carbocycles. The summed E-state index contributed by atoms with van der Waals surface area (Å²) < 4.78 is 5.63. The zero-order chi connectivity index (χ0) is 14.6. The van der Waals surface area contributed by atoms with Crippen LogP contribution in [0.2, 0.25) is 0 Å². The van der Waals surface area contributed by atoms with Gasteiger partial charge in [-0.25, -0.2) is 0 Å². The van der Waals surface area contributed by atoms with Crippen molar-refractivity contribution in [2.75, 3.05) is 26.7 Å². The molecule has 2 N–H and O–H groups in total. The molecule has 0 heterocycles. The number of rotatable bonds is 10. The van der Waals surface area contributed by atoms with E-state index >= 15 is 0 Å². The first-order chi connectivity index (χ1) is 9.72. The van der Waals surface area contributed by atoms with Gasteiger partial charge in [-0.2, -0.15) is 0 Å². The Morgan fingerprint density at radius 1 is 1.10 bits per heavy atom. The van der Waals surface area contributed by atoms with Gasteiger partial charge in [0.25, 0.3) is 0 Å². The third kappa shape index (κ3) is 7.79. The SMILES string of the molecule is CNCCCC(=O)NCCCCOc1ccc(C)cc1. The maximum atomic E-state index is 11.4. The number of amides is 1. The van der Waals surface area contributed by atoms with Crippen molar-refractivity contribution in [2.24, 2.45) is 0 Å². The van der Waals surface area contributed by atoms with Crippen LogP contribution in [0.4, 0.5) is 0 Å². The van der Waals surface area contributed by atoms with Crippen molar-refractivity contribution in [3.63, 3.8) is 0 Å². The highest BCUT2D eigenvalue weighted by molar-refractivity contribution is 5.75. The van der Waals surface area contributed by atoms with Crippen LogP contribution in [0, 0.1) is 6.92 Å². The van der Waals surface area contributed by atoms with Crippen LogP contribution < -0.4 is 15.4 Å². The lowest BCUT2D eigenvalue weighted by Crippen LogP contribution is -2.25. The third-order valence-corrected chi connectivity index (χ3v) is 3.01. The summed E-state index contributed by atoms with van der Waals surface area (Å²) in [7, 11) is 1.89. The van der Waals surface area contributed by atoms with Crippen molar-refractivity contribution in [3.8, 4) is 5.75 Å². The molecule has 1 amide bonds. The lowest BCUT2D eigenvalue weighted by Gasteiger charge is -2.07. The molecule has 0 aromatic heterocycles. The highest BCUT2D eigenvalue weighted by atomic mass is 16.5. The van der Waals surface area contributed by atoms with Gasteiger partial charge in [-0.1, -0.05) is 17.7 Å². The van der Waals surface area contributed by atoms with E-state index in [1.165, 1.54) is 5.56 Å². The van der Waals surface area contributed by atoms with Crippen molar-refractivity contribution in [1.82, 2.24) is 10.6 Å². The number of carbonyl (C=O) groups excluding carboxylic acids is 1. The van der Waals surface area contributed by atoms with E-state index < -0.39 is 0 Å². The molecule has 1 rings (SSSR count). The number of nitrogens with one attached hydrogen (secondary N) is 2. The van der Waals surface area contributed by atoms with Crippen molar-refractivity contribution in [1.29, 1.82) is 0 Å². The first-order valence-electron chi connectivity index (χ1n) is 7.33. The van der Waals surface area contributed by atoms with Crippen LogP contribution in [-0.2, 0) is 4.79 Å². The maximum Gasteiger partial charge on any atom is 0.220 e. The van der Waals surface area contributed by atoms with Crippen molar-refractivity contribution in [2.45, 2.75) is 32.6 Å². The molecule has 0 radical (unpaired) electrons. The molecule has 0 saturated carbocycles. The number of unbranched alkanes of at least 4 members (excludes halogenated alkanes) is 1. The lowest BCUT2D eigenvalue weighted by atomic mass is 10.2. The number of ether oxygens (including phenoxy) is 1. The highest BCUT2D eigenvalue weighted by Crippen LogP contribution is 2.11. The second kappa shape index (κ2) is 10.3. The van der Waals surface area contributed by atoms with Crippen LogP contribution in [0.5, 0.6) is 5.75 Å². The molecule has 0 aliphatic heterocycles. The Balaban J connectivity index is 1.97. The number of aryl methyl sites for hydroxylation is 1. The van der Waals surface area contributed by atoms with Crippen LogP contribution in [-0.4, -0.2) is 32.7 Å². The Bertz CT molecular complexity index is 377. The second-order valence-corrected chi connectivity index (χ2v) is 4.93. The minimum absolute atomic E-state index is 0.139. The smallest absolute Gasteiger partial charge is 0.220 e. The fourth-order valence-corrected chi connectivity index (χ4v) is 1.79. The van der Waals surface area contributed by atoms with Crippen molar-refractivity contribution >= 4 is 5.91 Å². The Morgan fingerprint density at radius 2 is 1.85 bits per heavy atom. The Hall–Kier alpha value is -1.55.